The Bertz CT molecular complexity index is 460. The number of hydrogen-bond acceptors (Lipinski definition) is 2. The lowest BCUT2D eigenvalue weighted by molar-refractivity contribution is -0.143. The molecule has 0 amide bonds. The quantitative estimate of drug-likeness (QED) is 0.902. The molecule has 1 N–H and O–H groups in total. The first-order chi connectivity index (χ1) is 8.49. The predicted octanol–water partition coefficient (Wildman–Crippen LogP) is 3.43. The second kappa shape index (κ2) is 5.47. The zero-order valence-electron chi connectivity index (χ0n) is 10.1. The van der Waals surface area contributed by atoms with E-state index in [2.05, 4.69) is 0 Å². The maximum atomic E-state index is 11.1. The van der Waals surface area contributed by atoms with Gasteiger partial charge in [0.25, 0.3) is 0 Å². The van der Waals surface area contributed by atoms with Crippen molar-refractivity contribution in [3.63, 3.8) is 0 Å². The summed E-state index contributed by atoms with van der Waals surface area (Å²) >= 11 is 12.0. The molecule has 1 aliphatic rings. The van der Waals surface area contributed by atoms with Crippen LogP contribution >= 0.6 is 23.2 Å². The van der Waals surface area contributed by atoms with Crippen molar-refractivity contribution in [2.45, 2.75) is 38.4 Å². The Hall–Kier alpha value is -0.770. The molecular formula is C13H15Cl2NO2. The zero-order chi connectivity index (χ0) is 13.3. The molecule has 18 heavy (non-hydrogen) atoms. The van der Waals surface area contributed by atoms with Gasteiger partial charge < -0.3 is 5.11 Å². The zero-order valence-corrected chi connectivity index (χ0v) is 11.6. The van der Waals surface area contributed by atoms with Gasteiger partial charge in [-0.2, -0.15) is 0 Å². The number of carbonyl (C=O) groups is 1. The molecule has 1 fully saturated rings. The van der Waals surface area contributed by atoms with Crippen molar-refractivity contribution in [3.8, 4) is 0 Å². The van der Waals surface area contributed by atoms with Gasteiger partial charge in [0.15, 0.2) is 0 Å². The van der Waals surface area contributed by atoms with Gasteiger partial charge in [-0.05, 0) is 37.5 Å². The summed E-state index contributed by atoms with van der Waals surface area (Å²) in [6.07, 6.45) is 2.12. The van der Waals surface area contributed by atoms with Crippen molar-refractivity contribution in [1.82, 2.24) is 4.90 Å². The highest BCUT2D eigenvalue weighted by atomic mass is 35.5. The molecule has 1 aliphatic carbocycles. The van der Waals surface area contributed by atoms with Crippen LogP contribution in [0.3, 0.4) is 0 Å². The van der Waals surface area contributed by atoms with Gasteiger partial charge in [0.1, 0.15) is 6.04 Å². The van der Waals surface area contributed by atoms with Crippen molar-refractivity contribution in [2.24, 2.45) is 0 Å². The molecular weight excluding hydrogens is 273 g/mol. The summed E-state index contributed by atoms with van der Waals surface area (Å²) in [7, 11) is 0. The molecule has 0 bridgehead atoms. The standard InChI is InChI=1S/C13H15Cl2NO2/c1-8(13(17)18)16(11-4-5-11)7-9-2-3-10(14)6-12(9)15/h2-3,6,8,11H,4-5,7H2,1H3,(H,17,18). The Morgan fingerprint density at radius 3 is 2.67 bits per heavy atom. The maximum Gasteiger partial charge on any atom is 0.320 e. The molecule has 0 radical (unpaired) electrons. The monoisotopic (exact) mass is 287 g/mol. The number of nitrogens with zero attached hydrogens (tertiary/aromatic N) is 1. The second-order valence-corrected chi connectivity index (χ2v) is 5.50. The van der Waals surface area contributed by atoms with Crippen molar-refractivity contribution in [1.29, 1.82) is 0 Å². The van der Waals surface area contributed by atoms with E-state index in [-0.39, 0.29) is 0 Å². The fourth-order valence-corrected chi connectivity index (χ4v) is 2.45. The smallest absolute Gasteiger partial charge is 0.320 e. The topological polar surface area (TPSA) is 40.5 Å². The van der Waals surface area contributed by atoms with Crippen LogP contribution in [0.1, 0.15) is 25.3 Å². The third-order valence-corrected chi connectivity index (χ3v) is 3.83. The van der Waals surface area contributed by atoms with Crippen LogP contribution in [0.15, 0.2) is 18.2 Å². The summed E-state index contributed by atoms with van der Waals surface area (Å²) < 4.78 is 0. The van der Waals surface area contributed by atoms with Crippen molar-refractivity contribution < 1.29 is 9.90 Å². The van der Waals surface area contributed by atoms with Crippen LogP contribution in [0, 0.1) is 0 Å². The molecule has 0 heterocycles. The van der Waals surface area contributed by atoms with E-state index >= 15 is 0 Å². The molecule has 0 saturated heterocycles. The molecule has 5 heteroatoms. The molecule has 3 nitrogen and oxygen atoms in total. The van der Waals surface area contributed by atoms with Gasteiger partial charge in [-0.1, -0.05) is 29.3 Å². The Labute approximate surface area is 116 Å². The summed E-state index contributed by atoms with van der Waals surface area (Å²) in [4.78, 5) is 13.1. The highest BCUT2D eigenvalue weighted by molar-refractivity contribution is 6.35. The molecule has 1 unspecified atom stereocenters. The van der Waals surface area contributed by atoms with Crippen LogP contribution in [-0.4, -0.2) is 28.1 Å². The number of carboxylic acid groups (broad SMARTS) is 1. The number of carboxylic acids is 1. The lowest BCUT2D eigenvalue weighted by Gasteiger charge is -2.26. The van der Waals surface area contributed by atoms with E-state index < -0.39 is 12.0 Å². The number of halogens is 2. The van der Waals surface area contributed by atoms with Crippen LogP contribution in [-0.2, 0) is 11.3 Å². The fourth-order valence-electron chi connectivity index (χ4n) is 1.98. The van der Waals surface area contributed by atoms with Crippen LogP contribution in [0.25, 0.3) is 0 Å². The Balaban J connectivity index is 2.15. The van der Waals surface area contributed by atoms with E-state index in [1.165, 1.54) is 0 Å². The Morgan fingerprint density at radius 1 is 1.50 bits per heavy atom. The van der Waals surface area contributed by atoms with Crippen molar-refractivity contribution in [2.75, 3.05) is 0 Å². The third kappa shape index (κ3) is 3.16. The average Bonchev–Trinajstić information content (AvgIpc) is 3.11. The van der Waals surface area contributed by atoms with E-state index in [0.29, 0.717) is 22.6 Å². The molecule has 0 aromatic heterocycles. The summed E-state index contributed by atoms with van der Waals surface area (Å²) in [6, 6.07) is 5.19. The second-order valence-electron chi connectivity index (χ2n) is 4.65. The number of benzene rings is 1. The van der Waals surface area contributed by atoms with E-state index in [1.807, 2.05) is 11.0 Å². The normalized spacial score (nSPS) is 16.9. The first-order valence-corrected chi connectivity index (χ1v) is 6.67. The van der Waals surface area contributed by atoms with Crippen molar-refractivity contribution >= 4 is 29.2 Å². The van der Waals surface area contributed by atoms with Gasteiger partial charge in [0.05, 0.1) is 0 Å². The number of aliphatic carboxylic acids is 1. The highest BCUT2D eigenvalue weighted by Crippen LogP contribution is 2.32. The Morgan fingerprint density at radius 2 is 2.17 bits per heavy atom. The summed E-state index contributed by atoms with van der Waals surface area (Å²) in [6.45, 7) is 2.26. The molecule has 98 valence electrons. The molecule has 1 saturated carbocycles. The lowest BCUT2D eigenvalue weighted by atomic mass is 10.1. The minimum Gasteiger partial charge on any atom is -0.480 e. The highest BCUT2D eigenvalue weighted by Gasteiger charge is 2.35. The van der Waals surface area contributed by atoms with Gasteiger partial charge in [-0.25, -0.2) is 0 Å². The summed E-state index contributed by atoms with van der Waals surface area (Å²) in [5, 5.41) is 10.3. The SMILES string of the molecule is CC(C(=O)O)N(Cc1ccc(Cl)cc1Cl)C1CC1. The summed E-state index contributed by atoms with van der Waals surface area (Å²) in [5.41, 5.74) is 0.918. The maximum absolute atomic E-state index is 11.1. The number of rotatable bonds is 5. The average molecular weight is 288 g/mol. The van der Waals surface area contributed by atoms with E-state index in [1.54, 1.807) is 19.1 Å². The van der Waals surface area contributed by atoms with E-state index in [4.69, 9.17) is 28.3 Å². The molecule has 1 aromatic rings. The van der Waals surface area contributed by atoms with Crippen LogP contribution < -0.4 is 0 Å². The van der Waals surface area contributed by atoms with Crippen LogP contribution in [0.4, 0.5) is 0 Å². The van der Waals surface area contributed by atoms with E-state index in [9.17, 15) is 4.79 Å². The van der Waals surface area contributed by atoms with E-state index in [0.717, 1.165) is 18.4 Å². The minimum atomic E-state index is -0.799. The fraction of sp³-hybridized carbons (Fsp3) is 0.462. The van der Waals surface area contributed by atoms with Gasteiger partial charge in [-0.15, -0.1) is 0 Å². The molecule has 1 atom stereocenters. The third-order valence-electron chi connectivity index (χ3n) is 3.24. The van der Waals surface area contributed by atoms with Crippen LogP contribution in [0.5, 0.6) is 0 Å². The van der Waals surface area contributed by atoms with Crippen molar-refractivity contribution in [3.05, 3.63) is 33.8 Å². The van der Waals surface area contributed by atoms with Gasteiger partial charge in [0, 0.05) is 22.6 Å². The molecule has 0 spiro atoms. The first kappa shape index (κ1) is 13.7. The molecule has 2 rings (SSSR count). The predicted molar refractivity (Wildman–Crippen MR) is 72.1 cm³/mol. The number of hydrogen-bond donors (Lipinski definition) is 1. The lowest BCUT2D eigenvalue weighted by Crippen LogP contribution is -2.40. The van der Waals surface area contributed by atoms with Gasteiger partial charge in [-0.3, -0.25) is 9.69 Å². The summed E-state index contributed by atoms with van der Waals surface area (Å²) in [5.74, 6) is -0.799. The first-order valence-electron chi connectivity index (χ1n) is 5.91. The largest absolute Gasteiger partial charge is 0.480 e. The molecule has 0 aliphatic heterocycles. The molecule has 1 aromatic carbocycles. The van der Waals surface area contributed by atoms with Gasteiger partial charge >= 0.3 is 5.97 Å². The van der Waals surface area contributed by atoms with Gasteiger partial charge in [0.2, 0.25) is 0 Å². The van der Waals surface area contributed by atoms with Crippen LogP contribution in [0.2, 0.25) is 10.0 Å². The minimum absolute atomic E-state index is 0.364. The Kier molecular flexibility index (Phi) is 4.15.